The Morgan fingerprint density at radius 2 is 1.91 bits per heavy atom. The van der Waals surface area contributed by atoms with Crippen LogP contribution in [0.4, 0.5) is 5.69 Å². The number of hydrogen-bond donors (Lipinski definition) is 2. The van der Waals surface area contributed by atoms with Crippen LogP contribution in [-0.2, 0) is 10.0 Å². The maximum atomic E-state index is 13.4. The average molecular weight is 462 g/mol. The van der Waals surface area contributed by atoms with E-state index in [2.05, 4.69) is 4.72 Å². The maximum absolute atomic E-state index is 13.4. The Morgan fingerprint density at radius 3 is 2.53 bits per heavy atom. The number of nitrogens with one attached hydrogen (secondary N) is 1. The van der Waals surface area contributed by atoms with Crippen LogP contribution in [-0.4, -0.2) is 75.2 Å². The van der Waals surface area contributed by atoms with Crippen LogP contribution in [0.2, 0.25) is 0 Å². The Labute approximate surface area is 189 Å². The quantitative estimate of drug-likeness (QED) is 0.656. The summed E-state index contributed by atoms with van der Waals surface area (Å²) in [6.45, 7) is 4.70. The zero-order chi connectivity index (χ0) is 23.5. The van der Waals surface area contributed by atoms with Gasteiger partial charge in [0.05, 0.1) is 23.1 Å². The first-order valence-corrected chi connectivity index (χ1v) is 12.1. The molecule has 2 N–H and O–H groups in total. The molecule has 174 valence electrons. The van der Waals surface area contributed by atoms with Gasteiger partial charge in [0.2, 0.25) is 0 Å². The van der Waals surface area contributed by atoms with E-state index in [-0.39, 0.29) is 46.7 Å². The Kier molecular flexibility index (Phi) is 7.43. The van der Waals surface area contributed by atoms with Crippen LogP contribution in [0.5, 0.6) is 5.75 Å². The lowest BCUT2D eigenvalue weighted by Gasteiger charge is -2.37. The molecule has 3 rings (SSSR count). The Bertz CT molecular complexity index is 1040. The SMILES string of the molecule is C[C@@H]1CN([C@H](C)CO)C(=O)c2cc(NS(=O)(=O)c3ccccc3)ccc2O[C@H]1CN(C)C. The van der Waals surface area contributed by atoms with Gasteiger partial charge in [-0.1, -0.05) is 25.1 Å². The first kappa shape index (κ1) is 24.0. The summed E-state index contributed by atoms with van der Waals surface area (Å²) in [6, 6.07) is 12.4. The van der Waals surface area contributed by atoms with E-state index in [1.54, 1.807) is 42.2 Å². The Balaban J connectivity index is 2.00. The first-order chi connectivity index (χ1) is 15.1. The molecular formula is C23H31N3O5S. The van der Waals surface area contributed by atoms with Gasteiger partial charge in [0.15, 0.2) is 0 Å². The van der Waals surface area contributed by atoms with E-state index in [4.69, 9.17) is 4.74 Å². The zero-order valence-corrected chi connectivity index (χ0v) is 19.7. The lowest BCUT2D eigenvalue weighted by molar-refractivity contribution is 0.0363. The van der Waals surface area contributed by atoms with Gasteiger partial charge in [-0.15, -0.1) is 0 Å². The number of aliphatic hydroxyl groups excluding tert-OH is 1. The molecular weight excluding hydrogens is 430 g/mol. The first-order valence-electron chi connectivity index (χ1n) is 10.6. The zero-order valence-electron chi connectivity index (χ0n) is 18.9. The van der Waals surface area contributed by atoms with Gasteiger partial charge in [0.25, 0.3) is 15.9 Å². The number of amides is 1. The van der Waals surface area contributed by atoms with Crippen molar-refractivity contribution in [2.75, 3.05) is 38.5 Å². The van der Waals surface area contributed by atoms with Crippen LogP contribution in [0.25, 0.3) is 0 Å². The topological polar surface area (TPSA) is 99.2 Å². The summed E-state index contributed by atoms with van der Waals surface area (Å²) in [6.07, 6.45) is -0.183. The number of aliphatic hydroxyl groups is 1. The number of sulfonamides is 1. The third-order valence-electron chi connectivity index (χ3n) is 5.52. The molecule has 0 radical (unpaired) electrons. The van der Waals surface area contributed by atoms with Crippen molar-refractivity contribution >= 4 is 21.6 Å². The number of fused-ring (bicyclic) bond motifs is 1. The number of ether oxygens (including phenoxy) is 1. The van der Waals surface area contributed by atoms with E-state index in [0.717, 1.165) is 0 Å². The van der Waals surface area contributed by atoms with Gasteiger partial charge >= 0.3 is 0 Å². The summed E-state index contributed by atoms with van der Waals surface area (Å²) in [5.41, 5.74) is 0.521. The van der Waals surface area contributed by atoms with Crippen LogP contribution in [0.1, 0.15) is 24.2 Å². The third-order valence-corrected chi connectivity index (χ3v) is 6.91. The molecule has 1 aliphatic rings. The second kappa shape index (κ2) is 9.89. The van der Waals surface area contributed by atoms with Crippen molar-refractivity contribution in [3.05, 3.63) is 54.1 Å². The number of anilines is 1. The number of likely N-dealkylation sites (N-methyl/N-ethyl adjacent to an activating group) is 1. The molecule has 0 bridgehead atoms. The number of rotatable bonds is 7. The van der Waals surface area contributed by atoms with Crippen molar-refractivity contribution in [3.8, 4) is 5.75 Å². The number of hydrogen-bond acceptors (Lipinski definition) is 6. The third kappa shape index (κ3) is 5.40. The summed E-state index contributed by atoms with van der Waals surface area (Å²) in [4.78, 5) is 17.2. The Morgan fingerprint density at radius 1 is 1.22 bits per heavy atom. The van der Waals surface area contributed by atoms with E-state index in [9.17, 15) is 18.3 Å². The molecule has 0 saturated carbocycles. The summed E-state index contributed by atoms with van der Waals surface area (Å²) < 4.78 is 34.2. The van der Waals surface area contributed by atoms with Gasteiger partial charge < -0.3 is 19.6 Å². The van der Waals surface area contributed by atoms with E-state index >= 15 is 0 Å². The molecule has 0 fully saturated rings. The van der Waals surface area contributed by atoms with Gasteiger partial charge in [-0.2, -0.15) is 0 Å². The molecule has 0 saturated heterocycles. The fourth-order valence-electron chi connectivity index (χ4n) is 3.68. The highest BCUT2D eigenvalue weighted by molar-refractivity contribution is 7.92. The van der Waals surface area contributed by atoms with E-state index < -0.39 is 10.0 Å². The maximum Gasteiger partial charge on any atom is 0.261 e. The van der Waals surface area contributed by atoms with Crippen molar-refractivity contribution in [1.82, 2.24) is 9.80 Å². The van der Waals surface area contributed by atoms with Gasteiger partial charge in [-0.05, 0) is 51.4 Å². The predicted molar refractivity (Wildman–Crippen MR) is 123 cm³/mol. The molecule has 32 heavy (non-hydrogen) atoms. The summed E-state index contributed by atoms with van der Waals surface area (Å²) in [5.74, 6) is 0.114. The normalized spacial score (nSPS) is 20.2. The number of carbonyl (C=O) groups is 1. The lowest BCUT2D eigenvalue weighted by Crippen LogP contribution is -2.49. The molecule has 0 unspecified atom stereocenters. The molecule has 1 amide bonds. The highest BCUT2D eigenvalue weighted by Crippen LogP contribution is 2.31. The minimum Gasteiger partial charge on any atom is -0.488 e. The van der Waals surface area contributed by atoms with Crippen molar-refractivity contribution < 1.29 is 23.1 Å². The van der Waals surface area contributed by atoms with Crippen molar-refractivity contribution in [2.24, 2.45) is 5.92 Å². The van der Waals surface area contributed by atoms with Gasteiger partial charge in [0.1, 0.15) is 11.9 Å². The second-order valence-corrected chi connectivity index (χ2v) is 10.2. The molecule has 2 aromatic carbocycles. The monoisotopic (exact) mass is 461 g/mol. The van der Waals surface area contributed by atoms with Gasteiger partial charge in [0, 0.05) is 24.7 Å². The van der Waals surface area contributed by atoms with E-state index in [0.29, 0.717) is 18.8 Å². The van der Waals surface area contributed by atoms with Crippen LogP contribution in [0.3, 0.4) is 0 Å². The smallest absolute Gasteiger partial charge is 0.261 e. The van der Waals surface area contributed by atoms with Crippen LogP contribution < -0.4 is 9.46 Å². The average Bonchev–Trinajstić information content (AvgIpc) is 2.76. The van der Waals surface area contributed by atoms with E-state index in [1.165, 1.54) is 18.2 Å². The van der Waals surface area contributed by atoms with Crippen molar-refractivity contribution in [2.45, 2.75) is 30.9 Å². The highest BCUT2D eigenvalue weighted by atomic mass is 32.2. The Hall–Kier alpha value is -2.62. The highest BCUT2D eigenvalue weighted by Gasteiger charge is 2.33. The fraction of sp³-hybridized carbons (Fsp3) is 0.435. The molecule has 3 atom stereocenters. The molecule has 8 nitrogen and oxygen atoms in total. The predicted octanol–water partition coefficient (Wildman–Crippen LogP) is 2.27. The number of nitrogens with zero attached hydrogens (tertiary/aromatic N) is 2. The summed E-state index contributed by atoms with van der Waals surface area (Å²) in [5, 5.41) is 9.72. The van der Waals surface area contributed by atoms with Crippen LogP contribution in [0.15, 0.2) is 53.4 Å². The molecule has 9 heteroatoms. The van der Waals surface area contributed by atoms with Crippen LogP contribution in [0, 0.1) is 5.92 Å². The molecule has 1 aliphatic heterocycles. The van der Waals surface area contributed by atoms with Gasteiger partial charge in [-0.25, -0.2) is 8.42 Å². The van der Waals surface area contributed by atoms with Crippen molar-refractivity contribution in [3.63, 3.8) is 0 Å². The standard InChI is InChI=1S/C23H31N3O5S/c1-16-13-26(17(2)15-27)23(28)20-12-18(10-11-21(20)31-22(16)14-25(3)4)24-32(29,30)19-8-6-5-7-9-19/h5-12,16-17,22,24,27H,13-15H2,1-4H3/t16-,17-,22+/m1/s1. The van der Waals surface area contributed by atoms with E-state index in [1.807, 2.05) is 25.9 Å². The fourth-order valence-corrected chi connectivity index (χ4v) is 4.75. The molecule has 0 aliphatic carbocycles. The van der Waals surface area contributed by atoms with Crippen molar-refractivity contribution in [1.29, 1.82) is 0 Å². The molecule has 1 heterocycles. The van der Waals surface area contributed by atoms with Gasteiger partial charge in [-0.3, -0.25) is 9.52 Å². The summed E-state index contributed by atoms with van der Waals surface area (Å²) >= 11 is 0. The lowest BCUT2D eigenvalue weighted by atomic mass is 9.99. The minimum atomic E-state index is -3.81. The molecule has 0 aromatic heterocycles. The summed E-state index contributed by atoms with van der Waals surface area (Å²) in [7, 11) is 0.104. The second-order valence-electron chi connectivity index (χ2n) is 8.51. The number of benzene rings is 2. The molecule has 0 spiro atoms. The number of carbonyl (C=O) groups excluding carboxylic acids is 1. The minimum absolute atomic E-state index is 0.0276. The van der Waals surface area contributed by atoms with Crippen LogP contribution >= 0.6 is 0 Å². The molecule has 2 aromatic rings. The largest absolute Gasteiger partial charge is 0.488 e.